The standard InChI is InChI=1S/C28H57NO3/c1-5-9-13-17-21-25(22-18-14-10-6-2)27(30)29-28(31)32-26(23-19-15-11-7-3)24-20-16-12-8-4/h25-26,28,31H,5-24H2,1-4H3,(H,29,30). The summed E-state index contributed by atoms with van der Waals surface area (Å²) in [5.74, 6) is -0.0317. The molecule has 0 aliphatic carbocycles. The Kier molecular flexibility index (Phi) is 23.1. The smallest absolute Gasteiger partial charge is 0.237 e. The lowest BCUT2D eigenvalue weighted by atomic mass is 9.93. The second-order valence-corrected chi connectivity index (χ2v) is 9.71. The van der Waals surface area contributed by atoms with Crippen LogP contribution in [0.25, 0.3) is 0 Å². The second kappa shape index (κ2) is 23.5. The molecule has 32 heavy (non-hydrogen) atoms. The second-order valence-electron chi connectivity index (χ2n) is 9.71. The third kappa shape index (κ3) is 18.9. The minimum Gasteiger partial charge on any atom is -0.351 e. The topological polar surface area (TPSA) is 58.6 Å². The van der Waals surface area contributed by atoms with Gasteiger partial charge in [0.2, 0.25) is 12.3 Å². The number of unbranched alkanes of at least 4 members (excludes halogenated alkanes) is 12. The highest BCUT2D eigenvalue weighted by molar-refractivity contribution is 5.78. The number of aliphatic hydroxyl groups excluding tert-OH is 1. The van der Waals surface area contributed by atoms with Crippen molar-refractivity contribution in [2.75, 3.05) is 0 Å². The molecule has 0 radical (unpaired) electrons. The number of hydrogen-bond acceptors (Lipinski definition) is 3. The van der Waals surface area contributed by atoms with E-state index < -0.39 is 6.41 Å². The van der Waals surface area contributed by atoms with Crippen molar-refractivity contribution in [3.63, 3.8) is 0 Å². The van der Waals surface area contributed by atoms with E-state index in [0.29, 0.717) is 0 Å². The number of carbonyl (C=O) groups excluding carboxylic acids is 1. The van der Waals surface area contributed by atoms with E-state index in [-0.39, 0.29) is 17.9 Å². The first kappa shape index (κ1) is 31.4. The largest absolute Gasteiger partial charge is 0.351 e. The zero-order chi connectivity index (χ0) is 23.9. The van der Waals surface area contributed by atoms with Crippen LogP contribution < -0.4 is 5.32 Å². The molecule has 4 nitrogen and oxygen atoms in total. The fourth-order valence-electron chi connectivity index (χ4n) is 4.38. The van der Waals surface area contributed by atoms with Gasteiger partial charge in [0.1, 0.15) is 0 Å². The van der Waals surface area contributed by atoms with Crippen molar-refractivity contribution in [2.45, 2.75) is 169 Å². The van der Waals surface area contributed by atoms with E-state index in [4.69, 9.17) is 4.74 Å². The lowest BCUT2D eigenvalue weighted by Gasteiger charge is -2.24. The molecule has 0 aromatic heterocycles. The van der Waals surface area contributed by atoms with Gasteiger partial charge in [-0.2, -0.15) is 0 Å². The van der Waals surface area contributed by atoms with Crippen LogP contribution >= 0.6 is 0 Å². The molecular weight excluding hydrogens is 398 g/mol. The maximum absolute atomic E-state index is 12.9. The third-order valence-electron chi connectivity index (χ3n) is 6.53. The van der Waals surface area contributed by atoms with Gasteiger partial charge >= 0.3 is 0 Å². The summed E-state index contributed by atoms with van der Waals surface area (Å²) in [7, 11) is 0. The van der Waals surface area contributed by atoms with Crippen LogP contribution in [0.3, 0.4) is 0 Å². The molecule has 0 fully saturated rings. The van der Waals surface area contributed by atoms with Crippen LogP contribution in [0.15, 0.2) is 0 Å². The molecule has 0 saturated heterocycles. The highest BCUT2D eigenvalue weighted by Crippen LogP contribution is 2.20. The average Bonchev–Trinajstić information content (AvgIpc) is 2.78. The van der Waals surface area contributed by atoms with E-state index in [1.165, 1.54) is 77.0 Å². The van der Waals surface area contributed by atoms with E-state index in [2.05, 4.69) is 33.0 Å². The summed E-state index contributed by atoms with van der Waals surface area (Å²) in [6.07, 6.45) is 21.7. The van der Waals surface area contributed by atoms with E-state index in [1.807, 2.05) is 0 Å². The number of ether oxygens (including phenoxy) is 1. The van der Waals surface area contributed by atoms with Gasteiger partial charge in [-0.15, -0.1) is 0 Å². The van der Waals surface area contributed by atoms with Crippen molar-refractivity contribution in [1.29, 1.82) is 0 Å². The lowest BCUT2D eigenvalue weighted by Crippen LogP contribution is -2.42. The fraction of sp³-hybridized carbons (Fsp3) is 0.964. The Morgan fingerprint density at radius 3 is 1.38 bits per heavy atom. The summed E-state index contributed by atoms with van der Waals surface area (Å²) in [6, 6.07) is 0. The van der Waals surface area contributed by atoms with Gasteiger partial charge in [-0.1, -0.05) is 130 Å². The van der Waals surface area contributed by atoms with Crippen LogP contribution in [-0.4, -0.2) is 23.5 Å². The Morgan fingerprint density at radius 1 is 0.625 bits per heavy atom. The van der Waals surface area contributed by atoms with Crippen LogP contribution in [0, 0.1) is 5.92 Å². The van der Waals surface area contributed by atoms with Gasteiger partial charge in [0, 0.05) is 5.92 Å². The number of rotatable bonds is 24. The molecule has 4 heteroatoms. The van der Waals surface area contributed by atoms with Crippen molar-refractivity contribution in [3.8, 4) is 0 Å². The van der Waals surface area contributed by atoms with E-state index >= 15 is 0 Å². The van der Waals surface area contributed by atoms with Crippen molar-refractivity contribution >= 4 is 5.91 Å². The molecule has 2 N–H and O–H groups in total. The molecule has 1 amide bonds. The number of nitrogens with one attached hydrogen (secondary N) is 1. The van der Waals surface area contributed by atoms with E-state index in [9.17, 15) is 9.90 Å². The van der Waals surface area contributed by atoms with E-state index in [1.54, 1.807) is 0 Å². The maximum atomic E-state index is 12.9. The monoisotopic (exact) mass is 455 g/mol. The molecule has 1 unspecified atom stereocenters. The summed E-state index contributed by atoms with van der Waals surface area (Å²) in [5, 5.41) is 13.3. The molecule has 0 aliphatic heterocycles. The average molecular weight is 456 g/mol. The van der Waals surface area contributed by atoms with Crippen LogP contribution in [0.5, 0.6) is 0 Å². The van der Waals surface area contributed by atoms with Gasteiger partial charge in [-0.3, -0.25) is 4.79 Å². The molecule has 0 aliphatic rings. The van der Waals surface area contributed by atoms with Gasteiger partial charge in [0.15, 0.2) is 0 Å². The highest BCUT2D eigenvalue weighted by atomic mass is 16.6. The molecule has 0 rings (SSSR count). The quantitative estimate of drug-likeness (QED) is 0.114. The molecule has 1 atom stereocenters. The van der Waals surface area contributed by atoms with Gasteiger partial charge < -0.3 is 15.2 Å². The Hall–Kier alpha value is -0.610. The molecule has 0 aromatic rings. The van der Waals surface area contributed by atoms with Crippen molar-refractivity contribution in [1.82, 2.24) is 5.32 Å². The summed E-state index contributed by atoms with van der Waals surface area (Å²) in [4.78, 5) is 12.9. The van der Waals surface area contributed by atoms with Gasteiger partial charge in [0.05, 0.1) is 6.10 Å². The first-order chi connectivity index (χ1) is 15.6. The Balaban J connectivity index is 4.62. The molecule has 192 valence electrons. The van der Waals surface area contributed by atoms with Crippen molar-refractivity contribution in [2.24, 2.45) is 5.92 Å². The molecule has 0 heterocycles. The zero-order valence-corrected chi connectivity index (χ0v) is 22.1. The van der Waals surface area contributed by atoms with Crippen LogP contribution in [0.2, 0.25) is 0 Å². The Morgan fingerprint density at radius 2 is 1.00 bits per heavy atom. The predicted molar refractivity (Wildman–Crippen MR) is 138 cm³/mol. The maximum Gasteiger partial charge on any atom is 0.237 e. The molecule has 0 spiro atoms. The third-order valence-corrected chi connectivity index (χ3v) is 6.53. The molecule has 0 bridgehead atoms. The van der Waals surface area contributed by atoms with Crippen molar-refractivity contribution in [3.05, 3.63) is 0 Å². The van der Waals surface area contributed by atoms with Crippen molar-refractivity contribution < 1.29 is 14.6 Å². The summed E-state index contributed by atoms with van der Waals surface area (Å²) < 4.78 is 5.94. The molecule has 0 aromatic carbocycles. The molecule has 0 saturated carbocycles. The highest BCUT2D eigenvalue weighted by Gasteiger charge is 2.22. The zero-order valence-electron chi connectivity index (χ0n) is 22.1. The van der Waals surface area contributed by atoms with Gasteiger partial charge in [-0.05, 0) is 25.7 Å². The van der Waals surface area contributed by atoms with Crippen LogP contribution in [0.4, 0.5) is 0 Å². The first-order valence-electron chi connectivity index (χ1n) is 14.2. The Labute approximate surface area is 200 Å². The SMILES string of the molecule is CCCCCCC(CCCCCC)OC(O)NC(=O)C(CCCCCC)CCCCCC. The van der Waals surface area contributed by atoms with E-state index in [0.717, 1.165) is 51.4 Å². The normalized spacial score (nSPS) is 12.6. The summed E-state index contributed by atoms with van der Waals surface area (Å²) >= 11 is 0. The minimum absolute atomic E-state index is 0.00507. The number of carbonyl (C=O) groups is 1. The summed E-state index contributed by atoms with van der Waals surface area (Å²) in [5.41, 5.74) is 0. The minimum atomic E-state index is -1.18. The van der Waals surface area contributed by atoms with Gasteiger partial charge in [0.25, 0.3) is 0 Å². The lowest BCUT2D eigenvalue weighted by molar-refractivity contribution is -0.169. The number of amides is 1. The Bertz CT molecular complexity index is 378. The van der Waals surface area contributed by atoms with Gasteiger partial charge in [-0.25, -0.2) is 0 Å². The number of hydrogen-bond donors (Lipinski definition) is 2. The predicted octanol–water partition coefficient (Wildman–Crippen LogP) is 8.26. The van der Waals surface area contributed by atoms with Crippen LogP contribution in [0.1, 0.15) is 156 Å². The fourth-order valence-corrected chi connectivity index (χ4v) is 4.38. The molecular formula is C28H57NO3. The number of aliphatic hydroxyl groups is 1. The van der Waals surface area contributed by atoms with Crippen LogP contribution in [-0.2, 0) is 9.53 Å². The summed E-state index contributed by atoms with van der Waals surface area (Å²) in [6.45, 7) is 8.87. The first-order valence-corrected chi connectivity index (χ1v) is 14.2.